The van der Waals surface area contributed by atoms with Gasteiger partial charge in [-0.2, -0.15) is 0 Å². The topological polar surface area (TPSA) is 46.1 Å². The molecule has 0 N–H and O–H groups in total. The molecule has 1 saturated heterocycles. The van der Waals surface area contributed by atoms with Crippen LogP contribution in [0.1, 0.15) is 73.7 Å². The Labute approximate surface area is 196 Å². The fraction of sp³-hybridized carbons (Fsp3) is 0.593. The maximum Gasteiger partial charge on any atom is 0.227 e. The van der Waals surface area contributed by atoms with Gasteiger partial charge in [0.05, 0.1) is 17.8 Å². The number of thiophene rings is 1. The largest absolute Gasteiger partial charge is 0.342 e. The lowest BCUT2D eigenvalue weighted by molar-refractivity contribution is -0.131. The van der Waals surface area contributed by atoms with Gasteiger partial charge in [0.2, 0.25) is 5.91 Å². The minimum absolute atomic E-state index is 0.312. The maximum absolute atomic E-state index is 13.2. The van der Waals surface area contributed by atoms with Crippen molar-refractivity contribution in [2.45, 2.75) is 71.1 Å². The Kier molecular flexibility index (Phi) is 6.45. The Morgan fingerprint density at radius 2 is 2.12 bits per heavy atom. The minimum Gasteiger partial charge on any atom is -0.342 e. The predicted octanol–water partition coefficient (Wildman–Crippen LogP) is 5.72. The number of hydrogen-bond donors (Lipinski definition) is 0. The van der Waals surface area contributed by atoms with Gasteiger partial charge in [-0.25, -0.2) is 9.97 Å². The third-order valence-corrected chi connectivity index (χ3v) is 8.70. The second kappa shape index (κ2) is 9.46. The molecule has 5 heteroatoms. The Balaban J connectivity index is 1.31. The van der Waals surface area contributed by atoms with Crippen LogP contribution in [0.2, 0.25) is 0 Å². The van der Waals surface area contributed by atoms with Crippen LogP contribution in [0.15, 0.2) is 29.9 Å². The molecule has 0 radical (unpaired) electrons. The number of allylic oxidation sites excluding steroid dienone is 1. The summed E-state index contributed by atoms with van der Waals surface area (Å²) in [5, 5.41) is 2.07. The van der Waals surface area contributed by atoms with Crippen LogP contribution in [0, 0.1) is 17.3 Å². The normalized spacial score (nSPS) is 24.8. The summed E-state index contributed by atoms with van der Waals surface area (Å²) in [4.78, 5) is 25.9. The number of carbonyl (C=O) groups is 1. The second-order valence-electron chi connectivity index (χ2n) is 10.4. The number of fused-ring (bicyclic) bond motifs is 1. The molecule has 2 aliphatic carbocycles. The van der Waals surface area contributed by atoms with E-state index in [1.165, 1.54) is 53.9 Å². The van der Waals surface area contributed by atoms with Gasteiger partial charge in [-0.05, 0) is 80.1 Å². The van der Waals surface area contributed by atoms with Crippen molar-refractivity contribution in [2.24, 2.45) is 17.3 Å². The Morgan fingerprint density at radius 3 is 2.94 bits per heavy atom. The second-order valence-corrected chi connectivity index (χ2v) is 11.4. The third kappa shape index (κ3) is 5.14. The van der Waals surface area contributed by atoms with E-state index in [1.807, 2.05) is 6.07 Å². The molecule has 1 spiro atoms. The summed E-state index contributed by atoms with van der Waals surface area (Å²) in [6, 6.07) is 4.13. The number of amides is 1. The van der Waals surface area contributed by atoms with Crippen molar-refractivity contribution < 1.29 is 4.79 Å². The molecule has 2 aromatic heterocycles. The molecule has 2 atom stereocenters. The van der Waals surface area contributed by atoms with Gasteiger partial charge >= 0.3 is 0 Å². The lowest BCUT2D eigenvalue weighted by Gasteiger charge is -2.27. The fourth-order valence-electron chi connectivity index (χ4n) is 5.51. The maximum atomic E-state index is 13.2. The van der Waals surface area contributed by atoms with Gasteiger partial charge in [0, 0.05) is 23.5 Å². The Morgan fingerprint density at radius 1 is 1.22 bits per heavy atom. The van der Waals surface area contributed by atoms with Crippen LogP contribution < -0.4 is 0 Å². The van der Waals surface area contributed by atoms with Crippen LogP contribution in [-0.2, 0) is 24.1 Å². The molecule has 1 saturated carbocycles. The van der Waals surface area contributed by atoms with Gasteiger partial charge in [-0.15, -0.1) is 11.3 Å². The summed E-state index contributed by atoms with van der Waals surface area (Å²) in [7, 11) is 0. The summed E-state index contributed by atoms with van der Waals surface area (Å²) in [5.74, 6) is 1.49. The SMILES string of the molecule is CC1C=Cc2c(ncnc2CC2CCCC3(CC3)CN(C(=O)Cc3cccs3)CC2)CC1. The Bertz CT molecular complexity index is 963. The highest BCUT2D eigenvalue weighted by Gasteiger charge is 2.44. The van der Waals surface area contributed by atoms with Crippen molar-refractivity contribution in [1.29, 1.82) is 0 Å². The predicted molar refractivity (Wildman–Crippen MR) is 130 cm³/mol. The molecular formula is C27H35N3OS. The molecule has 5 rings (SSSR count). The first-order valence-electron chi connectivity index (χ1n) is 12.4. The van der Waals surface area contributed by atoms with Crippen LogP contribution in [0.3, 0.4) is 0 Å². The monoisotopic (exact) mass is 449 g/mol. The molecule has 2 fully saturated rings. The molecule has 1 aliphatic heterocycles. The van der Waals surface area contributed by atoms with E-state index in [9.17, 15) is 4.79 Å². The number of carbonyl (C=O) groups excluding carboxylic acids is 1. The molecule has 170 valence electrons. The Hall–Kier alpha value is -2.01. The van der Waals surface area contributed by atoms with Gasteiger partial charge in [0.15, 0.2) is 0 Å². The van der Waals surface area contributed by atoms with Crippen LogP contribution in [0.25, 0.3) is 6.08 Å². The number of hydrogen-bond acceptors (Lipinski definition) is 4. The van der Waals surface area contributed by atoms with E-state index in [4.69, 9.17) is 4.98 Å². The first-order chi connectivity index (χ1) is 15.6. The molecule has 2 unspecified atom stereocenters. The standard InChI is InChI=1S/C27H35N3OS/c1-20-6-8-23-24(9-7-20)28-19-29-25(23)16-21-4-2-11-27(12-13-27)18-30(14-10-21)26(31)17-22-5-3-15-32-22/h3,5-6,8,15,19-21H,2,4,7,9-14,16-18H2,1H3. The summed E-state index contributed by atoms with van der Waals surface area (Å²) in [6.45, 7) is 4.13. The van der Waals surface area contributed by atoms with Crippen LogP contribution >= 0.6 is 11.3 Å². The summed E-state index contributed by atoms with van der Waals surface area (Å²) in [6.07, 6.45) is 17.6. The third-order valence-electron chi connectivity index (χ3n) is 7.83. The van der Waals surface area contributed by atoms with E-state index in [0.717, 1.165) is 38.8 Å². The van der Waals surface area contributed by atoms with E-state index >= 15 is 0 Å². The first kappa shape index (κ1) is 21.8. The van der Waals surface area contributed by atoms with Gasteiger partial charge in [-0.3, -0.25) is 4.79 Å². The van der Waals surface area contributed by atoms with Crippen molar-refractivity contribution in [2.75, 3.05) is 13.1 Å². The van der Waals surface area contributed by atoms with E-state index in [0.29, 0.717) is 29.6 Å². The van der Waals surface area contributed by atoms with E-state index in [-0.39, 0.29) is 0 Å². The van der Waals surface area contributed by atoms with Crippen molar-refractivity contribution in [3.05, 3.63) is 51.7 Å². The molecule has 4 nitrogen and oxygen atoms in total. The van der Waals surface area contributed by atoms with E-state index in [2.05, 4.69) is 40.4 Å². The lowest BCUT2D eigenvalue weighted by Crippen LogP contribution is -2.38. The summed E-state index contributed by atoms with van der Waals surface area (Å²) in [5.41, 5.74) is 4.09. The molecule has 3 heterocycles. The summed E-state index contributed by atoms with van der Waals surface area (Å²) < 4.78 is 0. The van der Waals surface area contributed by atoms with Gasteiger partial charge in [-0.1, -0.05) is 31.6 Å². The zero-order valence-corrected chi connectivity index (χ0v) is 20.1. The average Bonchev–Trinajstić information content (AvgIpc) is 3.38. The molecule has 2 aromatic rings. The van der Waals surface area contributed by atoms with E-state index in [1.54, 1.807) is 17.7 Å². The van der Waals surface area contributed by atoms with Crippen molar-refractivity contribution in [3.8, 4) is 0 Å². The number of rotatable bonds is 4. The smallest absolute Gasteiger partial charge is 0.227 e. The summed E-state index contributed by atoms with van der Waals surface area (Å²) >= 11 is 1.69. The molecule has 0 aromatic carbocycles. The van der Waals surface area contributed by atoms with Crippen molar-refractivity contribution in [1.82, 2.24) is 14.9 Å². The van der Waals surface area contributed by atoms with Crippen molar-refractivity contribution in [3.63, 3.8) is 0 Å². The highest BCUT2D eigenvalue weighted by atomic mass is 32.1. The molecule has 0 bridgehead atoms. The number of aromatic nitrogens is 2. The zero-order valence-electron chi connectivity index (χ0n) is 19.3. The van der Waals surface area contributed by atoms with Crippen LogP contribution in [0.5, 0.6) is 0 Å². The zero-order chi connectivity index (χ0) is 22.0. The van der Waals surface area contributed by atoms with Crippen LogP contribution in [0.4, 0.5) is 0 Å². The first-order valence-corrected chi connectivity index (χ1v) is 13.3. The highest BCUT2D eigenvalue weighted by molar-refractivity contribution is 7.10. The molecule has 32 heavy (non-hydrogen) atoms. The minimum atomic E-state index is 0.312. The highest BCUT2D eigenvalue weighted by Crippen LogP contribution is 2.51. The van der Waals surface area contributed by atoms with Gasteiger partial charge in [0.25, 0.3) is 0 Å². The van der Waals surface area contributed by atoms with Gasteiger partial charge in [0.1, 0.15) is 6.33 Å². The average molecular weight is 450 g/mol. The van der Waals surface area contributed by atoms with Crippen LogP contribution in [-0.4, -0.2) is 33.9 Å². The van der Waals surface area contributed by atoms with Crippen molar-refractivity contribution >= 4 is 23.3 Å². The number of aryl methyl sites for hydroxylation is 1. The quantitative estimate of drug-likeness (QED) is 0.600. The fourth-order valence-corrected chi connectivity index (χ4v) is 6.21. The van der Waals surface area contributed by atoms with Gasteiger partial charge < -0.3 is 4.90 Å². The molecule has 1 amide bonds. The molecule has 3 aliphatic rings. The number of nitrogens with zero attached hydrogens (tertiary/aromatic N) is 3. The molecular weight excluding hydrogens is 414 g/mol. The lowest BCUT2D eigenvalue weighted by atomic mass is 9.90. The van der Waals surface area contributed by atoms with E-state index < -0.39 is 0 Å².